The second-order valence-electron chi connectivity index (χ2n) is 7.91. The molecule has 0 radical (unpaired) electrons. The van der Waals surface area contributed by atoms with Gasteiger partial charge < -0.3 is 9.47 Å². The third-order valence-electron chi connectivity index (χ3n) is 5.52. The quantitative estimate of drug-likeness (QED) is 0.676. The van der Waals surface area contributed by atoms with Crippen molar-refractivity contribution in [3.63, 3.8) is 0 Å². The number of rotatable bonds is 0. The molecule has 3 aliphatic rings. The average Bonchev–Trinajstić information content (AvgIpc) is 3.04. The van der Waals surface area contributed by atoms with Crippen LogP contribution in [0, 0.1) is 0 Å². The first kappa shape index (κ1) is 14.8. The minimum absolute atomic E-state index is 0.0262. The standard InChI is InChI=1S/C19H23NO3/c1-12-15-10-11-19(22-15)18(12,5)13-8-6-7-9-14(13)20(19)16(21)23-17(2,3)4/h6-9,15H,1,10-11H2,2-5H3/t15-,18+,19+/m0/s1. The molecule has 1 aromatic carbocycles. The van der Waals surface area contributed by atoms with Crippen molar-refractivity contribution in [1.82, 2.24) is 0 Å². The fraction of sp³-hybridized carbons (Fsp3) is 0.526. The Hall–Kier alpha value is -1.81. The van der Waals surface area contributed by atoms with E-state index < -0.39 is 11.3 Å². The van der Waals surface area contributed by atoms with Crippen molar-refractivity contribution in [1.29, 1.82) is 0 Å². The predicted molar refractivity (Wildman–Crippen MR) is 88.5 cm³/mol. The summed E-state index contributed by atoms with van der Waals surface area (Å²) in [5, 5.41) is 0. The van der Waals surface area contributed by atoms with Crippen molar-refractivity contribution in [3.8, 4) is 0 Å². The molecule has 1 spiro atoms. The highest BCUT2D eigenvalue weighted by molar-refractivity contribution is 5.95. The number of hydrogen-bond donors (Lipinski definition) is 0. The largest absolute Gasteiger partial charge is 0.443 e. The summed E-state index contributed by atoms with van der Waals surface area (Å²) in [7, 11) is 0. The second-order valence-corrected chi connectivity index (χ2v) is 7.91. The van der Waals surface area contributed by atoms with E-state index in [-0.39, 0.29) is 17.6 Å². The van der Waals surface area contributed by atoms with Crippen molar-refractivity contribution in [2.45, 2.75) is 63.4 Å². The molecule has 1 amide bonds. The molecule has 0 saturated carbocycles. The molecule has 0 aliphatic carbocycles. The predicted octanol–water partition coefficient (Wildman–Crippen LogP) is 4.14. The second kappa shape index (κ2) is 4.18. The SMILES string of the molecule is C=C1[C@@H]2CC[C@]3(O2)N(C(=O)OC(C)(C)C)c2ccccc2[C@@]13C. The highest BCUT2D eigenvalue weighted by Gasteiger charge is 2.72. The number of amides is 1. The molecule has 2 saturated heterocycles. The highest BCUT2D eigenvalue weighted by atomic mass is 16.6. The van der Waals surface area contributed by atoms with Gasteiger partial charge in [-0.15, -0.1) is 0 Å². The zero-order valence-electron chi connectivity index (χ0n) is 14.2. The first-order valence-electron chi connectivity index (χ1n) is 8.20. The van der Waals surface area contributed by atoms with Gasteiger partial charge in [0.25, 0.3) is 0 Å². The lowest BCUT2D eigenvalue weighted by molar-refractivity contribution is -0.0196. The topological polar surface area (TPSA) is 38.8 Å². The van der Waals surface area contributed by atoms with E-state index in [1.165, 1.54) is 0 Å². The van der Waals surface area contributed by atoms with E-state index in [0.29, 0.717) is 0 Å². The molecule has 4 nitrogen and oxygen atoms in total. The number of anilines is 1. The molecule has 23 heavy (non-hydrogen) atoms. The van der Waals surface area contributed by atoms with Crippen molar-refractivity contribution in [2.75, 3.05) is 4.90 Å². The van der Waals surface area contributed by atoms with Crippen LogP contribution in [-0.4, -0.2) is 23.5 Å². The van der Waals surface area contributed by atoms with Crippen LogP contribution in [0.25, 0.3) is 0 Å². The summed E-state index contributed by atoms with van der Waals surface area (Å²) in [6, 6.07) is 8.01. The van der Waals surface area contributed by atoms with Gasteiger partial charge in [0.05, 0.1) is 17.2 Å². The molecule has 3 atom stereocenters. The number of para-hydroxylation sites is 1. The summed E-state index contributed by atoms with van der Waals surface area (Å²) in [6.45, 7) is 12.1. The molecule has 3 aliphatic heterocycles. The lowest BCUT2D eigenvalue weighted by atomic mass is 9.66. The van der Waals surface area contributed by atoms with E-state index in [0.717, 1.165) is 29.7 Å². The Kier molecular flexibility index (Phi) is 2.68. The summed E-state index contributed by atoms with van der Waals surface area (Å²) < 4.78 is 12.0. The van der Waals surface area contributed by atoms with Crippen molar-refractivity contribution < 1.29 is 14.3 Å². The molecular weight excluding hydrogens is 290 g/mol. The number of ether oxygens (including phenoxy) is 2. The molecule has 4 rings (SSSR count). The third kappa shape index (κ3) is 1.62. The number of hydrogen-bond acceptors (Lipinski definition) is 3. The molecule has 0 unspecified atom stereocenters. The fourth-order valence-electron chi connectivity index (χ4n) is 4.48. The van der Waals surface area contributed by atoms with Gasteiger partial charge in [-0.2, -0.15) is 0 Å². The van der Waals surface area contributed by atoms with Crippen LogP contribution in [-0.2, 0) is 14.9 Å². The van der Waals surface area contributed by atoms with Crippen LogP contribution >= 0.6 is 0 Å². The average molecular weight is 313 g/mol. The van der Waals surface area contributed by atoms with Crippen LogP contribution in [0.3, 0.4) is 0 Å². The summed E-state index contributed by atoms with van der Waals surface area (Å²) in [4.78, 5) is 14.7. The minimum atomic E-state index is -0.694. The van der Waals surface area contributed by atoms with E-state index in [1.807, 2.05) is 39.0 Å². The molecular formula is C19H23NO3. The zero-order chi connectivity index (χ0) is 16.6. The van der Waals surface area contributed by atoms with E-state index >= 15 is 0 Å². The number of carbonyl (C=O) groups is 1. The molecule has 2 fully saturated rings. The first-order valence-corrected chi connectivity index (χ1v) is 8.20. The number of carbonyl (C=O) groups excluding carboxylic acids is 1. The number of benzene rings is 1. The fourth-order valence-corrected chi connectivity index (χ4v) is 4.48. The van der Waals surface area contributed by atoms with Crippen LogP contribution < -0.4 is 4.90 Å². The normalized spacial score (nSPS) is 34.5. The van der Waals surface area contributed by atoms with E-state index in [9.17, 15) is 4.79 Å². The van der Waals surface area contributed by atoms with E-state index in [4.69, 9.17) is 9.47 Å². The molecule has 4 heteroatoms. The van der Waals surface area contributed by atoms with Crippen LogP contribution in [0.5, 0.6) is 0 Å². The molecule has 1 aromatic rings. The Morgan fingerprint density at radius 2 is 2.09 bits per heavy atom. The van der Waals surface area contributed by atoms with Gasteiger partial charge in [0.2, 0.25) is 0 Å². The summed E-state index contributed by atoms with van der Waals surface area (Å²) in [6.07, 6.45) is 1.39. The molecule has 0 aromatic heterocycles. The monoisotopic (exact) mass is 313 g/mol. The van der Waals surface area contributed by atoms with Crippen molar-refractivity contribution in [2.24, 2.45) is 0 Å². The Morgan fingerprint density at radius 3 is 2.78 bits per heavy atom. The van der Waals surface area contributed by atoms with E-state index in [1.54, 1.807) is 4.90 Å². The lowest BCUT2D eigenvalue weighted by Crippen LogP contribution is -2.57. The van der Waals surface area contributed by atoms with Gasteiger partial charge in [-0.25, -0.2) is 9.69 Å². The first-order chi connectivity index (χ1) is 10.7. The number of fused-ring (bicyclic) bond motifs is 3. The van der Waals surface area contributed by atoms with Gasteiger partial charge in [0.15, 0.2) is 5.72 Å². The minimum Gasteiger partial charge on any atom is -0.443 e. The maximum Gasteiger partial charge on any atom is 0.417 e. The number of nitrogens with zero attached hydrogens (tertiary/aromatic N) is 1. The van der Waals surface area contributed by atoms with Gasteiger partial charge in [-0.3, -0.25) is 0 Å². The zero-order valence-corrected chi connectivity index (χ0v) is 14.2. The van der Waals surface area contributed by atoms with Gasteiger partial charge in [-0.05, 0) is 57.7 Å². The Morgan fingerprint density at radius 1 is 1.39 bits per heavy atom. The van der Waals surface area contributed by atoms with Crippen LogP contribution in [0.1, 0.15) is 46.1 Å². The van der Waals surface area contributed by atoms with Gasteiger partial charge >= 0.3 is 6.09 Å². The van der Waals surface area contributed by atoms with Crippen LogP contribution in [0.2, 0.25) is 0 Å². The molecule has 0 N–H and O–H groups in total. The summed E-state index contributed by atoms with van der Waals surface area (Å²) in [5.41, 5.74) is 1.45. The van der Waals surface area contributed by atoms with Gasteiger partial charge in [0, 0.05) is 0 Å². The maximum absolute atomic E-state index is 13.0. The Bertz CT molecular complexity index is 720. The molecule has 122 valence electrons. The van der Waals surface area contributed by atoms with Crippen molar-refractivity contribution in [3.05, 3.63) is 42.0 Å². The van der Waals surface area contributed by atoms with Gasteiger partial charge in [-0.1, -0.05) is 24.8 Å². The van der Waals surface area contributed by atoms with Crippen LogP contribution in [0.4, 0.5) is 10.5 Å². The smallest absolute Gasteiger partial charge is 0.417 e. The molecule has 2 bridgehead atoms. The summed E-state index contributed by atoms with van der Waals surface area (Å²) >= 11 is 0. The van der Waals surface area contributed by atoms with E-state index in [2.05, 4.69) is 19.6 Å². The summed E-state index contributed by atoms with van der Waals surface area (Å²) in [5.74, 6) is 0. The van der Waals surface area contributed by atoms with Crippen LogP contribution in [0.15, 0.2) is 36.4 Å². The Balaban J connectivity index is 1.89. The van der Waals surface area contributed by atoms with Crippen molar-refractivity contribution >= 4 is 11.8 Å². The third-order valence-corrected chi connectivity index (χ3v) is 5.52. The Labute approximate surface area is 137 Å². The maximum atomic E-state index is 13.0. The highest BCUT2D eigenvalue weighted by Crippen LogP contribution is 2.66. The lowest BCUT2D eigenvalue weighted by Gasteiger charge is -2.41. The molecule has 3 heterocycles. The van der Waals surface area contributed by atoms with Gasteiger partial charge in [0.1, 0.15) is 5.60 Å².